The molecule has 44 valence electrons. The molecular formula is C5H10O2-2. The van der Waals surface area contributed by atoms with Crippen LogP contribution in [-0.2, 0) is 9.47 Å². The smallest absolute Gasteiger partial charge is 0.0634 e. The van der Waals surface area contributed by atoms with Gasteiger partial charge in [-0.25, -0.2) is 7.11 Å². The van der Waals surface area contributed by atoms with Crippen molar-refractivity contribution < 1.29 is 9.47 Å². The largest absolute Gasteiger partial charge is 0.553 e. The van der Waals surface area contributed by atoms with Gasteiger partial charge in [-0.05, 0) is 0 Å². The first kappa shape index (κ1) is 6.92. The fourth-order valence-corrected chi connectivity index (χ4v) is 0.220. The highest BCUT2D eigenvalue weighted by Gasteiger charge is 1.71. The van der Waals surface area contributed by atoms with Gasteiger partial charge in [0.15, 0.2) is 0 Å². The maximum absolute atomic E-state index is 4.80. The zero-order chi connectivity index (χ0) is 5.54. The van der Waals surface area contributed by atoms with Crippen LogP contribution in [0.2, 0.25) is 0 Å². The van der Waals surface area contributed by atoms with Crippen LogP contribution >= 0.6 is 0 Å². The van der Waals surface area contributed by atoms with Gasteiger partial charge in [0.2, 0.25) is 0 Å². The Morgan fingerprint density at radius 3 is 2.43 bits per heavy atom. The summed E-state index contributed by atoms with van der Waals surface area (Å²) in [6.45, 7) is 5.10. The molecule has 0 aromatic carbocycles. The molecule has 0 heterocycles. The Bertz CT molecular complexity index is 25.3. The lowest BCUT2D eigenvalue weighted by Gasteiger charge is -2.04. The van der Waals surface area contributed by atoms with Crippen LogP contribution in [0.25, 0.3) is 0 Å². The van der Waals surface area contributed by atoms with Gasteiger partial charge in [0, 0.05) is 6.61 Å². The fraction of sp³-hybridized carbons (Fsp3) is 0.600. The summed E-state index contributed by atoms with van der Waals surface area (Å²) in [6, 6.07) is 0. The molecule has 0 bridgehead atoms. The normalized spacial score (nSPS) is 9.43. The van der Waals surface area contributed by atoms with E-state index < -0.39 is 0 Å². The lowest BCUT2D eigenvalue weighted by molar-refractivity contribution is 0.0992. The molecule has 0 aliphatic heterocycles. The predicted octanol–water partition coefficient (Wildman–Crippen LogP) is 0.645. The van der Waals surface area contributed by atoms with Crippen LogP contribution in [0.15, 0.2) is 0 Å². The Balaban J connectivity index is 2.45. The summed E-state index contributed by atoms with van der Waals surface area (Å²) < 4.78 is 9.24. The molecule has 0 atom stereocenters. The summed E-state index contributed by atoms with van der Waals surface area (Å²) in [7, 11) is 3.16. The lowest BCUT2D eigenvalue weighted by Crippen LogP contribution is -1.99. The number of rotatable bonds is 4. The summed E-state index contributed by atoms with van der Waals surface area (Å²) in [5.74, 6) is 0. The van der Waals surface area contributed by atoms with Crippen LogP contribution in [-0.4, -0.2) is 19.8 Å². The van der Waals surface area contributed by atoms with E-state index in [1.165, 1.54) is 0 Å². The zero-order valence-electron chi connectivity index (χ0n) is 4.35. The van der Waals surface area contributed by atoms with Crippen molar-refractivity contribution in [2.45, 2.75) is 0 Å². The monoisotopic (exact) mass is 102 g/mol. The van der Waals surface area contributed by atoms with Gasteiger partial charge in [0.05, 0.1) is 6.61 Å². The molecule has 0 spiro atoms. The van der Waals surface area contributed by atoms with Gasteiger partial charge in [-0.2, -0.15) is 0 Å². The van der Waals surface area contributed by atoms with Crippen LogP contribution in [0.3, 0.4) is 0 Å². The van der Waals surface area contributed by atoms with E-state index in [4.69, 9.17) is 4.74 Å². The summed E-state index contributed by atoms with van der Waals surface area (Å²) in [6.07, 6.45) is 0. The van der Waals surface area contributed by atoms with Crippen molar-refractivity contribution in [2.75, 3.05) is 19.8 Å². The summed E-state index contributed by atoms with van der Waals surface area (Å²) >= 11 is 0. The fourth-order valence-electron chi connectivity index (χ4n) is 0.220. The van der Waals surface area contributed by atoms with Crippen molar-refractivity contribution in [3.63, 3.8) is 0 Å². The van der Waals surface area contributed by atoms with Gasteiger partial charge < -0.3 is 16.4 Å². The molecule has 0 fully saturated rings. The van der Waals surface area contributed by atoms with Crippen LogP contribution in [0.5, 0.6) is 0 Å². The minimum atomic E-state index is 0.503. The van der Waals surface area contributed by atoms with Crippen molar-refractivity contribution in [3.05, 3.63) is 14.0 Å². The molecule has 0 N–H and O–H groups in total. The van der Waals surface area contributed by atoms with E-state index in [2.05, 4.69) is 18.8 Å². The number of hydrogen-bond acceptors (Lipinski definition) is 2. The molecule has 2 nitrogen and oxygen atoms in total. The third-order valence-electron chi connectivity index (χ3n) is 0.516. The highest BCUT2D eigenvalue weighted by molar-refractivity contribution is 4.30. The zero-order valence-corrected chi connectivity index (χ0v) is 4.35. The van der Waals surface area contributed by atoms with E-state index in [-0.39, 0.29) is 0 Å². The molecule has 0 aromatic rings. The number of ether oxygens (including phenoxy) is 2. The first-order valence-corrected chi connectivity index (χ1v) is 2.15. The first-order valence-electron chi connectivity index (χ1n) is 2.15. The molecule has 0 aliphatic carbocycles. The highest BCUT2D eigenvalue weighted by atomic mass is 16.5. The molecule has 0 saturated carbocycles. The Hall–Kier alpha value is -0.0800. The summed E-state index contributed by atoms with van der Waals surface area (Å²) in [4.78, 5) is 0. The average molecular weight is 102 g/mol. The van der Waals surface area contributed by atoms with E-state index in [1.54, 1.807) is 0 Å². The number of hydrogen-bond donors (Lipinski definition) is 0. The minimum Gasteiger partial charge on any atom is -0.553 e. The SMILES string of the molecule is [CH2-]COCCO[CH2-]. The molecule has 2 heteroatoms. The Morgan fingerprint density at radius 1 is 1.29 bits per heavy atom. The summed E-state index contributed by atoms with van der Waals surface area (Å²) in [5.41, 5.74) is 0. The van der Waals surface area contributed by atoms with Gasteiger partial charge in [-0.3, -0.25) is 0 Å². The standard InChI is InChI=1S/C5H10O2/c1-3-7-5-4-6-2/h1-5H2/q-2. The second-order valence-corrected chi connectivity index (χ2v) is 1.02. The Kier molecular flexibility index (Phi) is 5.85. The van der Waals surface area contributed by atoms with Crippen molar-refractivity contribution in [1.82, 2.24) is 0 Å². The molecule has 0 rings (SSSR count). The molecule has 0 amide bonds. The van der Waals surface area contributed by atoms with Gasteiger partial charge in [-0.15, -0.1) is 0 Å². The van der Waals surface area contributed by atoms with Crippen LogP contribution in [0, 0.1) is 14.0 Å². The maximum atomic E-state index is 4.80. The summed E-state index contributed by atoms with van der Waals surface area (Å²) in [5, 5.41) is 0. The second kappa shape index (κ2) is 5.92. The Morgan fingerprint density at radius 2 is 2.00 bits per heavy atom. The molecule has 0 unspecified atom stereocenters. The third-order valence-corrected chi connectivity index (χ3v) is 0.516. The van der Waals surface area contributed by atoms with Gasteiger partial charge in [0.25, 0.3) is 0 Å². The van der Waals surface area contributed by atoms with Crippen LogP contribution < -0.4 is 0 Å². The topological polar surface area (TPSA) is 18.5 Å². The first-order chi connectivity index (χ1) is 3.41. The quantitative estimate of drug-likeness (QED) is 0.383. The lowest BCUT2D eigenvalue weighted by atomic mass is 10.7. The van der Waals surface area contributed by atoms with Crippen molar-refractivity contribution >= 4 is 0 Å². The highest BCUT2D eigenvalue weighted by Crippen LogP contribution is 1.72. The van der Waals surface area contributed by atoms with Crippen LogP contribution in [0.1, 0.15) is 0 Å². The van der Waals surface area contributed by atoms with E-state index in [0.29, 0.717) is 19.8 Å². The van der Waals surface area contributed by atoms with Gasteiger partial charge >= 0.3 is 0 Å². The van der Waals surface area contributed by atoms with Crippen LogP contribution in [0.4, 0.5) is 0 Å². The molecule has 0 saturated heterocycles. The minimum absolute atomic E-state index is 0.503. The molecule has 0 aromatic heterocycles. The third kappa shape index (κ3) is 5.92. The second-order valence-electron chi connectivity index (χ2n) is 1.02. The van der Waals surface area contributed by atoms with Crippen molar-refractivity contribution in [3.8, 4) is 0 Å². The Labute approximate surface area is 44.4 Å². The predicted molar refractivity (Wildman–Crippen MR) is 27.5 cm³/mol. The average Bonchev–Trinajstić information content (AvgIpc) is 1.69. The molecular weight excluding hydrogens is 92.1 g/mol. The van der Waals surface area contributed by atoms with Crippen molar-refractivity contribution in [1.29, 1.82) is 0 Å². The van der Waals surface area contributed by atoms with E-state index >= 15 is 0 Å². The molecule has 7 heavy (non-hydrogen) atoms. The van der Waals surface area contributed by atoms with E-state index in [9.17, 15) is 0 Å². The van der Waals surface area contributed by atoms with Gasteiger partial charge in [0.1, 0.15) is 0 Å². The molecule has 0 radical (unpaired) electrons. The van der Waals surface area contributed by atoms with Gasteiger partial charge in [-0.1, -0.05) is 6.61 Å². The van der Waals surface area contributed by atoms with Crippen molar-refractivity contribution in [2.24, 2.45) is 0 Å². The maximum Gasteiger partial charge on any atom is 0.0634 e. The van der Waals surface area contributed by atoms with E-state index in [0.717, 1.165) is 0 Å². The molecule has 0 aliphatic rings. The van der Waals surface area contributed by atoms with E-state index in [1.807, 2.05) is 0 Å².